The Labute approximate surface area is 98.8 Å². The first-order chi connectivity index (χ1) is 8.43. The van der Waals surface area contributed by atoms with E-state index in [1.807, 2.05) is 40.9 Å². The van der Waals surface area contributed by atoms with Gasteiger partial charge in [-0.2, -0.15) is 0 Å². The lowest BCUT2D eigenvalue weighted by Crippen LogP contribution is -1.86. The molecule has 0 aromatic carbocycles. The average molecular weight is 219 g/mol. The maximum Gasteiger partial charge on any atom is 0.137 e. The molecule has 0 saturated carbocycles. The van der Waals surface area contributed by atoms with Crippen LogP contribution in [0.25, 0.3) is 5.65 Å². The lowest BCUT2D eigenvalue weighted by atomic mass is 10.2. The van der Waals surface area contributed by atoms with Crippen LogP contribution in [0.5, 0.6) is 0 Å². The van der Waals surface area contributed by atoms with Crippen molar-refractivity contribution in [3.63, 3.8) is 0 Å². The van der Waals surface area contributed by atoms with Crippen molar-refractivity contribution >= 4 is 5.65 Å². The molecule has 80 valence electrons. The van der Waals surface area contributed by atoms with Crippen molar-refractivity contribution in [2.45, 2.75) is 0 Å². The Morgan fingerprint density at radius 1 is 1.00 bits per heavy atom. The van der Waals surface area contributed by atoms with Crippen molar-refractivity contribution in [1.29, 1.82) is 0 Å². The van der Waals surface area contributed by atoms with Crippen LogP contribution in [0.15, 0.2) is 55.1 Å². The molecule has 3 heteroatoms. The van der Waals surface area contributed by atoms with Crippen molar-refractivity contribution in [2.75, 3.05) is 0 Å². The second-order valence-electron chi connectivity index (χ2n) is 3.56. The number of nitrogens with zero attached hydrogens (tertiary/aromatic N) is 3. The van der Waals surface area contributed by atoms with Crippen LogP contribution in [-0.4, -0.2) is 14.4 Å². The molecular weight excluding hydrogens is 210 g/mol. The maximum atomic E-state index is 4.28. The monoisotopic (exact) mass is 219 g/mol. The third-order valence-corrected chi connectivity index (χ3v) is 2.43. The molecule has 0 aliphatic carbocycles. The largest absolute Gasteiger partial charge is 0.293 e. The number of imidazole rings is 1. The van der Waals surface area contributed by atoms with E-state index >= 15 is 0 Å². The highest BCUT2D eigenvalue weighted by Gasteiger charge is 1.97. The van der Waals surface area contributed by atoms with E-state index in [0.29, 0.717) is 0 Å². The normalized spacial score (nSPS) is 9.88. The standard InChI is InChI=1S/C14H9N3/c1-2-10-17-13(11-16-14(17)3-1)5-4-12-6-8-15-9-7-12/h1-3,6-11H. The molecule has 3 aromatic rings. The second kappa shape index (κ2) is 4.11. The summed E-state index contributed by atoms with van der Waals surface area (Å²) in [6.45, 7) is 0. The van der Waals surface area contributed by atoms with E-state index in [9.17, 15) is 0 Å². The third-order valence-electron chi connectivity index (χ3n) is 2.43. The minimum atomic E-state index is 0.886. The van der Waals surface area contributed by atoms with Gasteiger partial charge in [0.15, 0.2) is 0 Å². The molecule has 0 atom stereocenters. The van der Waals surface area contributed by atoms with Gasteiger partial charge < -0.3 is 0 Å². The summed E-state index contributed by atoms with van der Waals surface area (Å²) in [5.74, 6) is 6.19. The molecule has 0 radical (unpaired) electrons. The van der Waals surface area contributed by atoms with E-state index < -0.39 is 0 Å². The van der Waals surface area contributed by atoms with Crippen LogP contribution in [-0.2, 0) is 0 Å². The van der Waals surface area contributed by atoms with Crippen LogP contribution in [0.4, 0.5) is 0 Å². The van der Waals surface area contributed by atoms with E-state index in [-0.39, 0.29) is 0 Å². The third kappa shape index (κ3) is 1.88. The van der Waals surface area contributed by atoms with Gasteiger partial charge in [0.1, 0.15) is 11.3 Å². The highest BCUT2D eigenvalue weighted by atomic mass is 15.0. The number of aromatic nitrogens is 3. The smallest absolute Gasteiger partial charge is 0.137 e. The minimum Gasteiger partial charge on any atom is -0.293 e. The molecule has 0 unspecified atom stereocenters. The summed E-state index contributed by atoms with van der Waals surface area (Å²) in [7, 11) is 0. The van der Waals surface area contributed by atoms with Gasteiger partial charge in [0.25, 0.3) is 0 Å². The molecule has 3 aromatic heterocycles. The lowest BCUT2D eigenvalue weighted by molar-refractivity contribution is 1.16. The van der Waals surface area contributed by atoms with Crippen LogP contribution in [0.3, 0.4) is 0 Å². The topological polar surface area (TPSA) is 30.2 Å². The average Bonchev–Trinajstić information content (AvgIpc) is 2.81. The Hall–Kier alpha value is -2.60. The van der Waals surface area contributed by atoms with Crippen molar-refractivity contribution in [3.05, 3.63) is 66.4 Å². The fourth-order valence-corrected chi connectivity index (χ4v) is 1.60. The quantitative estimate of drug-likeness (QED) is 0.542. The molecule has 0 fully saturated rings. The first-order valence-electron chi connectivity index (χ1n) is 5.27. The Morgan fingerprint density at radius 2 is 1.88 bits per heavy atom. The van der Waals surface area contributed by atoms with Gasteiger partial charge in [0.2, 0.25) is 0 Å². The molecule has 0 saturated heterocycles. The first-order valence-corrected chi connectivity index (χ1v) is 5.27. The fourth-order valence-electron chi connectivity index (χ4n) is 1.60. The van der Waals surface area contributed by atoms with Crippen molar-refractivity contribution in [3.8, 4) is 11.8 Å². The van der Waals surface area contributed by atoms with E-state index in [4.69, 9.17) is 0 Å². The summed E-state index contributed by atoms with van der Waals surface area (Å²) in [4.78, 5) is 8.23. The minimum absolute atomic E-state index is 0.886. The Balaban J connectivity index is 2.04. The molecule has 0 bridgehead atoms. The van der Waals surface area contributed by atoms with Gasteiger partial charge in [-0.25, -0.2) is 4.98 Å². The number of hydrogen-bond acceptors (Lipinski definition) is 2. The Kier molecular flexibility index (Phi) is 2.32. The molecule has 0 aliphatic rings. The summed E-state index contributed by atoms with van der Waals surface area (Å²) in [5, 5.41) is 0. The van der Waals surface area contributed by atoms with Gasteiger partial charge >= 0.3 is 0 Å². The zero-order chi connectivity index (χ0) is 11.5. The molecule has 3 rings (SSSR count). The van der Waals surface area contributed by atoms with Gasteiger partial charge in [-0.1, -0.05) is 12.0 Å². The van der Waals surface area contributed by atoms with Crippen molar-refractivity contribution < 1.29 is 0 Å². The van der Waals surface area contributed by atoms with E-state index in [2.05, 4.69) is 21.8 Å². The van der Waals surface area contributed by atoms with Gasteiger partial charge in [-0.3, -0.25) is 9.38 Å². The van der Waals surface area contributed by atoms with Gasteiger partial charge in [-0.15, -0.1) is 0 Å². The molecule has 3 nitrogen and oxygen atoms in total. The fraction of sp³-hybridized carbons (Fsp3) is 0. The second-order valence-corrected chi connectivity index (χ2v) is 3.56. The summed E-state index contributed by atoms with van der Waals surface area (Å²) >= 11 is 0. The highest BCUT2D eigenvalue weighted by Crippen LogP contribution is 2.04. The predicted octanol–water partition coefficient (Wildman–Crippen LogP) is 2.13. The van der Waals surface area contributed by atoms with Crippen LogP contribution < -0.4 is 0 Å². The zero-order valence-corrected chi connectivity index (χ0v) is 9.04. The molecule has 0 aliphatic heterocycles. The Morgan fingerprint density at radius 3 is 2.76 bits per heavy atom. The van der Waals surface area contributed by atoms with Crippen molar-refractivity contribution in [2.24, 2.45) is 0 Å². The van der Waals surface area contributed by atoms with Crippen molar-refractivity contribution in [1.82, 2.24) is 14.4 Å². The van der Waals surface area contributed by atoms with Crippen LogP contribution >= 0.6 is 0 Å². The van der Waals surface area contributed by atoms with E-state index in [0.717, 1.165) is 16.9 Å². The zero-order valence-electron chi connectivity index (χ0n) is 9.04. The summed E-state index contributed by atoms with van der Waals surface area (Å²) < 4.78 is 1.97. The van der Waals surface area contributed by atoms with Crippen LogP contribution in [0, 0.1) is 11.8 Å². The first kappa shape index (κ1) is 9.61. The number of hydrogen-bond donors (Lipinski definition) is 0. The Bertz CT molecular complexity index is 702. The predicted molar refractivity (Wildman–Crippen MR) is 65.4 cm³/mol. The number of rotatable bonds is 0. The molecule has 0 amide bonds. The van der Waals surface area contributed by atoms with Crippen LogP contribution in [0.2, 0.25) is 0 Å². The summed E-state index contributed by atoms with van der Waals surface area (Å²) in [6, 6.07) is 9.65. The molecule has 0 spiro atoms. The van der Waals surface area contributed by atoms with E-state index in [1.54, 1.807) is 18.6 Å². The maximum absolute atomic E-state index is 4.28. The van der Waals surface area contributed by atoms with Gasteiger partial charge in [0, 0.05) is 24.2 Å². The molecular formula is C14H9N3. The summed E-state index contributed by atoms with van der Waals surface area (Å²) in [5.41, 5.74) is 2.75. The summed E-state index contributed by atoms with van der Waals surface area (Å²) in [6.07, 6.45) is 7.21. The highest BCUT2D eigenvalue weighted by molar-refractivity contribution is 5.46. The number of pyridine rings is 2. The van der Waals surface area contributed by atoms with Gasteiger partial charge in [-0.05, 0) is 30.2 Å². The molecule has 3 heterocycles. The SMILES string of the molecule is C(#Cc1cnc2ccccn12)c1ccncc1. The molecule has 0 N–H and O–H groups in total. The van der Waals surface area contributed by atoms with Gasteiger partial charge in [0.05, 0.1) is 6.20 Å². The van der Waals surface area contributed by atoms with E-state index in [1.165, 1.54) is 0 Å². The number of fused-ring (bicyclic) bond motifs is 1. The molecule has 17 heavy (non-hydrogen) atoms. The lowest BCUT2D eigenvalue weighted by Gasteiger charge is -1.92. The van der Waals surface area contributed by atoms with Crippen LogP contribution in [0.1, 0.15) is 11.3 Å².